The number of amides is 2. The molecule has 8 heteroatoms. The maximum absolute atomic E-state index is 12.7. The summed E-state index contributed by atoms with van der Waals surface area (Å²) in [7, 11) is 1.58. The smallest absolute Gasteiger partial charge is 0.269 e. The third-order valence-corrected chi connectivity index (χ3v) is 5.60. The van der Waals surface area contributed by atoms with Crippen LogP contribution >= 0.6 is 11.8 Å². The Hall–Kier alpha value is -3.78. The van der Waals surface area contributed by atoms with Gasteiger partial charge in [-0.3, -0.25) is 20.4 Å². The van der Waals surface area contributed by atoms with Crippen molar-refractivity contribution in [2.24, 2.45) is 0 Å². The summed E-state index contributed by atoms with van der Waals surface area (Å²) in [4.78, 5) is 29.3. The molecule has 1 aromatic heterocycles. The minimum Gasteiger partial charge on any atom is -0.497 e. The van der Waals surface area contributed by atoms with Gasteiger partial charge in [0.25, 0.3) is 11.1 Å². The van der Waals surface area contributed by atoms with E-state index in [0.29, 0.717) is 16.5 Å². The lowest BCUT2D eigenvalue weighted by Crippen LogP contribution is -2.42. The molecule has 0 saturated heterocycles. The van der Waals surface area contributed by atoms with Crippen LogP contribution in [0.3, 0.4) is 0 Å². The Morgan fingerprint density at radius 1 is 0.969 bits per heavy atom. The van der Waals surface area contributed by atoms with E-state index in [4.69, 9.17) is 9.15 Å². The van der Waals surface area contributed by atoms with Crippen LogP contribution < -0.4 is 15.6 Å². The lowest BCUT2D eigenvalue weighted by atomic mass is 10.1. The fourth-order valence-electron chi connectivity index (χ4n) is 3.09. The molecule has 4 rings (SSSR count). The normalized spacial score (nSPS) is 10.7. The second-order valence-electron chi connectivity index (χ2n) is 6.92. The second kappa shape index (κ2) is 10.0. The molecule has 3 aromatic carbocycles. The molecule has 0 aliphatic rings. The molecular formula is C24H21N3O4S. The first kappa shape index (κ1) is 21.5. The van der Waals surface area contributed by atoms with Gasteiger partial charge in [0, 0.05) is 11.3 Å². The van der Waals surface area contributed by atoms with Crippen LogP contribution in [0.25, 0.3) is 11.1 Å². The maximum atomic E-state index is 12.7. The van der Waals surface area contributed by atoms with E-state index in [0.717, 1.165) is 28.0 Å². The van der Waals surface area contributed by atoms with Gasteiger partial charge in [0.05, 0.1) is 13.5 Å². The van der Waals surface area contributed by atoms with E-state index in [-0.39, 0.29) is 18.2 Å². The Kier molecular flexibility index (Phi) is 6.72. The molecule has 162 valence electrons. The van der Waals surface area contributed by atoms with Crippen molar-refractivity contribution < 1.29 is 18.7 Å². The number of hydrogen-bond donors (Lipinski definition) is 2. The average molecular weight is 448 g/mol. The van der Waals surface area contributed by atoms with Crippen LogP contribution in [0.15, 0.2) is 82.4 Å². The van der Waals surface area contributed by atoms with Crippen LogP contribution in [-0.4, -0.2) is 23.9 Å². The predicted octanol–water partition coefficient (Wildman–Crippen LogP) is 4.13. The van der Waals surface area contributed by atoms with E-state index in [1.807, 2.05) is 36.4 Å². The molecule has 7 nitrogen and oxygen atoms in total. The number of oxazole rings is 1. The molecular weight excluding hydrogens is 426 g/mol. The molecule has 0 radical (unpaired) electrons. The molecule has 0 aliphatic carbocycles. The Morgan fingerprint density at radius 3 is 2.50 bits per heavy atom. The van der Waals surface area contributed by atoms with E-state index in [9.17, 15) is 9.59 Å². The van der Waals surface area contributed by atoms with Gasteiger partial charge >= 0.3 is 0 Å². The van der Waals surface area contributed by atoms with Crippen LogP contribution in [0.2, 0.25) is 0 Å². The van der Waals surface area contributed by atoms with Gasteiger partial charge in [0.1, 0.15) is 11.3 Å². The number of aromatic nitrogens is 1. The number of benzene rings is 3. The highest BCUT2D eigenvalue weighted by Gasteiger charge is 2.14. The van der Waals surface area contributed by atoms with Crippen molar-refractivity contribution >= 4 is 34.7 Å². The minimum atomic E-state index is -0.387. The average Bonchev–Trinajstić information content (AvgIpc) is 3.25. The number of fused-ring (bicyclic) bond motifs is 1. The zero-order valence-corrected chi connectivity index (χ0v) is 18.1. The minimum absolute atomic E-state index is 0.138. The number of ether oxygens (including phenoxy) is 1. The van der Waals surface area contributed by atoms with Crippen molar-refractivity contribution in [3.63, 3.8) is 0 Å². The number of carbonyl (C=O) groups is 2. The first-order chi connectivity index (χ1) is 15.6. The van der Waals surface area contributed by atoms with Gasteiger partial charge < -0.3 is 9.15 Å². The summed E-state index contributed by atoms with van der Waals surface area (Å²) in [5.74, 6) is 0.509. The number of para-hydroxylation sites is 2. The first-order valence-corrected chi connectivity index (χ1v) is 10.9. The number of methoxy groups -OCH3 is 1. The van der Waals surface area contributed by atoms with Gasteiger partial charge in [-0.05, 0) is 41.5 Å². The summed E-state index contributed by atoms with van der Waals surface area (Å²) in [5, 5.41) is 0.536. The SMILES string of the molecule is COc1ccc(CC(=O)NNC(=O)c2ccccc2CSc2nc3ccccc3o2)cc1. The molecule has 2 amide bonds. The Bertz CT molecular complexity index is 1200. The van der Waals surface area contributed by atoms with Crippen molar-refractivity contribution in [1.82, 2.24) is 15.8 Å². The zero-order valence-electron chi connectivity index (χ0n) is 17.3. The molecule has 0 aliphatic heterocycles. The summed E-state index contributed by atoms with van der Waals surface area (Å²) in [6.45, 7) is 0. The fraction of sp³-hybridized carbons (Fsp3) is 0.125. The Labute approximate surface area is 189 Å². The quantitative estimate of drug-likeness (QED) is 0.327. The molecule has 0 fully saturated rings. The summed E-state index contributed by atoms with van der Waals surface area (Å²) < 4.78 is 10.8. The summed E-state index contributed by atoms with van der Waals surface area (Å²) >= 11 is 1.40. The lowest BCUT2D eigenvalue weighted by Gasteiger charge is -2.11. The summed E-state index contributed by atoms with van der Waals surface area (Å²) in [5.41, 5.74) is 8.57. The third kappa shape index (κ3) is 5.28. The molecule has 4 aromatic rings. The predicted molar refractivity (Wildman–Crippen MR) is 122 cm³/mol. The van der Waals surface area contributed by atoms with Gasteiger partial charge in [-0.25, -0.2) is 4.98 Å². The van der Waals surface area contributed by atoms with Crippen molar-refractivity contribution in [3.8, 4) is 5.75 Å². The summed E-state index contributed by atoms with van der Waals surface area (Å²) in [6.07, 6.45) is 0.138. The number of thioether (sulfide) groups is 1. The van der Waals surface area contributed by atoms with Crippen molar-refractivity contribution in [1.29, 1.82) is 0 Å². The number of rotatable bonds is 7. The Balaban J connectivity index is 1.34. The number of carbonyl (C=O) groups excluding carboxylic acids is 2. The van der Waals surface area contributed by atoms with Crippen LogP contribution in [-0.2, 0) is 17.0 Å². The van der Waals surface area contributed by atoms with Gasteiger partial charge in [0.2, 0.25) is 5.91 Å². The van der Waals surface area contributed by atoms with Gasteiger partial charge in [-0.1, -0.05) is 54.2 Å². The first-order valence-electron chi connectivity index (χ1n) is 9.91. The molecule has 0 spiro atoms. The van der Waals surface area contributed by atoms with Crippen LogP contribution in [0.5, 0.6) is 5.75 Å². The molecule has 1 heterocycles. The Morgan fingerprint density at radius 2 is 1.72 bits per heavy atom. The number of nitrogens with zero attached hydrogens (tertiary/aromatic N) is 1. The van der Waals surface area contributed by atoms with Gasteiger partial charge in [-0.2, -0.15) is 0 Å². The molecule has 0 bridgehead atoms. The molecule has 0 unspecified atom stereocenters. The number of nitrogens with one attached hydrogen (secondary N) is 2. The number of hydrazine groups is 1. The van der Waals surface area contributed by atoms with Crippen molar-refractivity contribution in [3.05, 3.63) is 89.5 Å². The van der Waals surface area contributed by atoms with Crippen molar-refractivity contribution in [2.75, 3.05) is 7.11 Å². The zero-order chi connectivity index (χ0) is 22.3. The van der Waals surface area contributed by atoms with Gasteiger partial charge in [0.15, 0.2) is 5.58 Å². The summed E-state index contributed by atoms with van der Waals surface area (Å²) in [6, 6.07) is 21.9. The third-order valence-electron chi connectivity index (χ3n) is 4.73. The van der Waals surface area contributed by atoms with Gasteiger partial charge in [-0.15, -0.1) is 0 Å². The fourth-order valence-corrected chi connectivity index (χ4v) is 3.93. The molecule has 2 N–H and O–H groups in total. The maximum Gasteiger partial charge on any atom is 0.269 e. The highest BCUT2D eigenvalue weighted by molar-refractivity contribution is 7.98. The monoisotopic (exact) mass is 447 g/mol. The van der Waals surface area contributed by atoms with E-state index < -0.39 is 0 Å². The van der Waals surface area contributed by atoms with E-state index >= 15 is 0 Å². The highest BCUT2D eigenvalue weighted by Crippen LogP contribution is 2.27. The van der Waals surface area contributed by atoms with Crippen molar-refractivity contribution in [2.45, 2.75) is 17.4 Å². The topological polar surface area (TPSA) is 93.5 Å². The lowest BCUT2D eigenvalue weighted by molar-refractivity contribution is -0.121. The number of hydrogen-bond acceptors (Lipinski definition) is 6. The van der Waals surface area contributed by atoms with Crippen LogP contribution in [0, 0.1) is 0 Å². The molecule has 0 atom stereocenters. The van der Waals surface area contributed by atoms with E-state index in [1.54, 1.807) is 43.5 Å². The second-order valence-corrected chi connectivity index (χ2v) is 7.85. The standard InChI is InChI=1S/C24H21N3O4S/c1-30-18-12-10-16(11-13-18)14-22(28)26-27-23(29)19-7-3-2-6-17(19)15-32-24-25-20-8-4-5-9-21(20)31-24/h2-13H,14-15H2,1H3,(H,26,28)(H,27,29). The largest absolute Gasteiger partial charge is 0.497 e. The molecule has 0 saturated carbocycles. The van der Waals surface area contributed by atoms with E-state index in [1.165, 1.54) is 11.8 Å². The highest BCUT2D eigenvalue weighted by atomic mass is 32.2. The van der Waals surface area contributed by atoms with Crippen LogP contribution in [0.1, 0.15) is 21.5 Å². The van der Waals surface area contributed by atoms with E-state index in [2.05, 4.69) is 15.8 Å². The molecule has 32 heavy (non-hydrogen) atoms. The van der Waals surface area contributed by atoms with Crippen LogP contribution in [0.4, 0.5) is 0 Å².